The van der Waals surface area contributed by atoms with Crippen molar-refractivity contribution in [1.29, 1.82) is 0 Å². The fourth-order valence-corrected chi connectivity index (χ4v) is 2.61. The van der Waals surface area contributed by atoms with Crippen molar-refractivity contribution < 1.29 is 41.1 Å². The molecule has 0 bridgehead atoms. The molecule has 0 aromatic heterocycles. The van der Waals surface area contributed by atoms with Crippen LogP contribution in [0.2, 0.25) is 5.02 Å². The van der Waals surface area contributed by atoms with Crippen molar-refractivity contribution >= 4 is 35.0 Å². The second-order valence-corrected chi connectivity index (χ2v) is 6.96. The van der Waals surface area contributed by atoms with E-state index in [-0.39, 0.29) is 12.4 Å². The quantitative estimate of drug-likeness (QED) is 0.524. The average Bonchev–Trinajstić information content (AvgIpc) is 2.76. The van der Waals surface area contributed by atoms with Gasteiger partial charge in [0.25, 0.3) is 5.91 Å². The Balaban J connectivity index is 2.01. The Morgan fingerprint density at radius 2 is 1.90 bits per heavy atom. The second kappa shape index (κ2) is 8.62. The minimum Gasteiger partial charge on any atom is -0.489 e. The third-order valence-corrected chi connectivity index (χ3v) is 4.55. The Kier molecular flexibility index (Phi) is 6.80. The summed E-state index contributed by atoms with van der Waals surface area (Å²) in [5.74, 6) is -9.54. The standard InChI is InChI=1S/C17H17ClF5N3O4/c1-8(13(27)24-7-16(19,20)17(21,22)23)14(28)25-10-6-30-12-5-9(18)3-4-11(12)26(2)15(10)29/h3-5,8,10H,6-7H2,1-2H3,(H,24,27)(H,25,28). The Hall–Kier alpha value is -2.63. The zero-order chi connectivity index (χ0) is 22.9. The molecule has 7 nitrogen and oxygen atoms in total. The van der Waals surface area contributed by atoms with Gasteiger partial charge in [0, 0.05) is 18.1 Å². The number of halogens is 6. The number of amides is 3. The monoisotopic (exact) mass is 457 g/mol. The van der Waals surface area contributed by atoms with Gasteiger partial charge in [-0.25, -0.2) is 0 Å². The van der Waals surface area contributed by atoms with E-state index in [0.29, 0.717) is 10.7 Å². The Labute approximate surface area is 172 Å². The van der Waals surface area contributed by atoms with Crippen molar-refractivity contribution in [3.8, 4) is 5.75 Å². The molecule has 0 spiro atoms. The lowest BCUT2D eigenvalue weighted by molar-refractivity contribution is -0.278. The summed E-state index contributed by atoms with van der Waals surface area (Å²) in [5, 5.41) is 3.97. The molecule has 0 saturated carbocycles. The van der Waals surface area contributed by atoms with Gasteiger partial charge in [-0.3, -0.25) is 14.4 Å². The van der Waals surface area contributed by atoms with Crippen LogP contribution in [-0.2, 0) is 14.4 Å². The first-order chi connectivity index (χ1) is 13.7. The zero-order valence-corrected chi connectivity index (χ0v) is 16.4. The highest BCUT2D eigenvalue weighted by molar-refractivity contribution is 6.30. The van der Waals surface area contributed by atoms with E-state index in [4.69, 9.17) is 16.3 Å². The highest BCUT2D eigenvalue weighted by Crippen LogP contribution is 2.35. The molecule has 1 heterocycles. The number of benzene rings is 1. The lowest BCUT2D eigenvalue weighted by Crippen LogP contribution is -2.53. The van der Waals surface area contributed by atoms with Crippen molar-refractivity contribution in [1.82, 2.24) is 10.6 Å². The van der Waals surface area contributed by atoms with E-state index in [1.54, 1.807) is 0 Å². The summed E-state index contributed by atoms with van der Waals surface area (Å²) in [4.78, 5) is 37.8. The molecular weight excluding hydrogens is 441 g/mol. The fourth-order valence-electron chi connectivity index (χ4n) is 2.45. The highest BCUT2D eigenvalue weighted by Gasteiger charge is 2.57. The maximum absolute atomic E-state index is 12.9. The van der Waals surface area contributed by atoms with E-state index >= 15 is 0 Å². The number of hydrogen-bond donors (Lipinski definition) is 2. The molecule has 0 radical (unpaired) electrons. The molecule has 2 rings (SSSR count). The molecule has 1 aromatic rings. The SMILES string of the molecule is CC(C(=O)NCC(F)(F)C(F)(F)F)C(=O)NC1COc2cc(Cl)ccc2N(C)C1=O. The van der Waals surface area contributed by atoms with Crippen LogP contribution in [0.5, 0.6) is 5.75 Å². The maximum Gasteiger partial charge on any atom is 0.455 e. The normalized spacial score (nSPS) is 18.1. The zero-order valence-electron chi connectivity index (χ0n) is 15.6. The molecule has 2 atom stereocenters. The van der Waals surface area contributed by atoms with Crippen LogP contribution in [-0.4, -0.2) is 56.1 Å². The summed E-state index contributed by atoms with van der Waals surface area (Å²) in [6, 6.07) is 3.27. The molecule has 1 aromatic carbocycles. The first kappa shape index (κ1) is 23.6. The predicted octanol–water partition coefficient (Wildman–Crippen LogP) is 2.13. The maximum atomic E-state index is 12.9. The molecule has 0 saturated heterocycles. The number of fused-ring (bicyclic) bond motifs is 1. The molecule has 2 N–H and O–H groups in total. The summed E-state index contributed by atoms with van der Waals surface area (Å²) in [6.07, 6.45) is -5.85. The molecule has 30 heavy (non-hydrogen) atoms. The number of hydrogen-bond acceptors (Lipinski definition) is 4. The molecule has 1 aliphatic rings. The smallest absolute Gasteiger partial charge is 0.455 e. The number of carbonyl (C=O) groups is 3. The van der Waals surface area contributed by atoms with Gasteiger partial charge in [-0.15, -0.1) is 0 Å². The average molecular weight is 458 g/mol. The van der Waals surface area contributed by atoms with Gasteiger partial charge in [0.1, 0.15) is 24.3 Å². The van der Waals surface area contributed by atoms with Gasteiger partial charge >= 0.3 is 12.1 Å². The molecule has 2 unspecified atom stereocenters. The molecular formula is C17H17ClF5N3O4. The summed E-state index contributed by atoms with van der Waals surface area (Å²) in [5.41, 5.74) is 0.376. The first-order valence-corrected chi connectivity index (χ1v) is 8.85. The summed E-state index contributed by atoms with van der Waals surface area (Å²) in [6.45, 7) is -1.34. The predicted molar refractivity (Wildman–Crippen MR) is 95.5 cm³/mol. The number of rotatable bonds is 5. The number of ether oxygens (including phenoxy) is 1. The number of anilines is 1. The summed E-state index contributed by atoms with van der Waals surface area (Å²) < 4.78 is 67.8. The van der Waals surface area contributed by atoms with Crippen LogP contribution in [0.15, 0.2) is 18.2 Å². The third-order valence-electron chi connectivity index (χ3n) is 4.32. The Bertz CT molecular complexity index is 849. The van der Waals surface area contributed by atoms with Gasteiger partial charge in [0.05, 0.1) is 12.2 Å². The Morgan fingerprint density at radius 3 is 2.50 bits per heavy atom. The van der Waals surface area contributed by atoms with Gasteiger partial charge in [0.2, 0.25) is 11.8 Å². The number of carbonyl (C=O) groups excluding carboxylic acids is 3. The van der Waals surface area contributed by atoms with Gasteiger partial charge in [0.15, 0.2) is 0 Å². The van der Waals surface area contributed by atoms with E-state index in [9.17, 15) is 36.3 Å². The number of nitrogens with zero attached hydrogens (tertiary/aromatic N) is 1. The third kappa shape index (κ3) is 5.10. The van der Waals surface area contributed by atoms with Crippen molar-refractivity contribution in [3.05, 3.63) is 23.2 Å². The fraction of sp³-hybridized carbons (Fsp3) is 0.471. The number of nitrogens with one attached hydrogen (secondary N) is 2. The summed E-state index contributed by atoms with van der Waals surface area (Å²) >= 11 is 5.88. The highest BCUT2D eigenvalue weighted by atomic mass is 35.5. The Morgan fingerprint density at radius 1 is 1.27 bits per heavy atom. The summed E-state index contributed by atoms with van der Waals surface area (Å²) in [7, 11) is 1.41. The molecule has 0 fully saturated rings. The van der Waals surface area contributed by atoms with Crippen molar-refractivity contribution in [2.45, 2.75) is 25.1 Å². The molecule has 3 amide bonds. The topological polar surface area (TPSA) is 87.7 Å². The molecule has 166 valence electrons. The van der Waals surface area contributed by atoms with Crippen LogP contribution in [0.3, 0.4) is 0 Å². The molecule has 1 aliphatic heterocycles. The number of alkyl halides is 5. The lowest BCUT2D eigenvalue weighted by Gasteiger charge is -2.23. The van der Waals surface area contributed by atoms with Crippen molar-refractivity contribution in [3.63, 3.8) is 0 Å². The van der Waals surface area contributed by atoms with Gasteiger partial charge < -0.3 is 20.3 Å². The van der Waals surface area contributed by atoms with E-state index in [1.807, 2.05) is 0 Å². The minimum atomic E-state index is -5.85. The van der Waals surface area contributed by atoms with Crippen LogP contribution < -0.4 is 20.3 Å². The van der Waals surface area contributed by atoms with E-state index in [2.05, 4.69) is 5.32 Å². The van der Waals surface area contributed by atoms with Crippen LogP contribution in [0.1, 0.15) is 6.92 Å². The van der Waals surface area contributed by atoms with E-state index in [0.717, 1.165) is 6.92 Å². The van der Waals surface area contributed by atoms with Gasteiger partial charge in [-0.05, 0) is 19.1 Å². The van der Waals surface area contributed by atoms with E-state index < -0.39 is 48.3 Å². The first-order valence-electron chi connectivity index (χ1n) is 8.47. The van der Waals surface area contributed by atoms with Crippen LogP contribution in [0, 0.1) is 5.92 Å². The van der Waals surface area contributed by atoms with E-state index in [1.165, 1.54) is 35.5 Å². The van der Waals surface area contributed by atoms with Gasteiger partial charge in [-0.1, -0.05) is 11.6 Å². The largest absolute Gasteiger partial charge is 0.489 e. The van der Waals surface area contributed by atoms with Crippen LogP contribution in [0.25, 0.3) is 0 Å². The minimum absolute atomic E-state index is 0.273. The van der Waals surface area contributed by atoms with Crippen LogP contribution in [0.4, 0.5) is 27.6 Å². The van der Waals surface area contributed by atoms with Crippen molar-refractivity contribution in [2.24, 2.45) is 5.92 Å². The number of likely N-dealkylation sites (N-methyl/N-ethyl adjacent to an activating group) is 1. The van der Waals surface area contributed by atoms with Crippen molar-refractivity contribution in [2.75, 3.05) is 25.1 Å². The second-order valence-electron chi connectivity index (χ2n) is 6.52. The molecule has 13 heteroatoms. The van der Waals surface area contributed by atoms with Crippen LogP contribution >= 0.6 is 11.6 Å². The lowest BCUT2D eigenvalue weighted by atomic mass is 10.1. The van der Waals surface area contributed by atoms with Gasteiger partial charge in [-0.2, -0.15) is 22.0 Å². The molecule has 0 aliphatic carbocycles.